The maximum absolute atomic E-state index is 15.2. The average Bonchev–Trinajstić information content (AvgIpc) is 3.37. The van der Waals surface area contributed by atoms with E-state index in [0.717, 1.165) is 46.7 Å². The van der Waals surface area contributed by atoms with Gasteiger partial charge in [-0.2, -0.15) is 0 Å². The SMILES string of the molecule is CCOC(=O)c1cn(-c2ccc(F)cc2F)c2c(OC)c(-c3cc4c(s3)C(NC(=O)OC(C)(C)C)CCC4)ccc2c1=O. The van der Waals surface area contributed by atoms with Gasteiger partial charge >= 0.3 is 12.1 Å². The lowest BCUT2D eigenvalue weighted by Crippen LogP contribution is -2.35. The molecule has 1 amide bonds. The number of nitrogens with one attached hydrogen (secondary N) is 1. The van der Waals surface area contributed by atoms with Crippen molar-refractivity contribution < 1.29 is 32.6 Å². The number of hydrogen-bond acceptors (Lipinski definition) is 7. The van der Waals surface area contributed by atoms with E-state index < -0.39 is 34.7 Å². The number of carbonyl (C=O) groups excluding carboxylic acids is 2. The summed E-state index contributed by atoms with van der Waals surface area (Å²) in [6.07, 6.45) is 3.15. The predicted molar refractivity (Wildman–Crippen MR) is 160 cm³/mol. The molecule has 0 bridgehead atoms. The quantitative estimate of drug-likeness (QED) is 0.234. The lowest BCUT2D eigenvalue weighted by Gasteiger charge is -2.26. The molecule has 11 heteroatoms. The van der Waals surface area contributed by atoms with Crippen molar-refractivity contribution in [1.29, 1.82) is 0 Å². The van der Waals surface area contributed by atoms with Crippen LogP contribution in [-0.2, 0) is 15.9 Å². The number of alkyl carbamates (subject to hydrolysis) is 1. The van der Waals surface area contributed by atoms with E-state index in [2.05, 4.69) is 5.32 Å². The van der Waals surface area contributed by atoms with Gasteiger partial charge in [-0.05, 0) is 82.9 Å². The van der Waals surface area contributed by atoms with Crippen LogP contribution in [0, 0.1) is 11.6 Å². The minimum absolute atomic E-state index is 0.0380. The van der Waals surface area contributed by atoms with Gasteiger partial charge in [0.15, 0.2) is 5.75 Å². The van der Waals surface area contributed by atoms with Crippen LogP contribution in [0.3, 0.4) is 0 Å². The maximum Gasteiger partial charge on any atom is 0.408 e. The number of aromatic nitrogens is 1. The third-order valence-electron chi connectivity index (χ3n) is 7.04. The predicted octanol–water partition coefficient (Wildman–Crippen LogP) is 7.08. The number of methoxy groups -OCH3 is 1. The second kappa shape index (κ2) is 11.8. The Morgan fingerprint density at radius 3 is 2.58 bits per heavy atom. The van der Waals surface area contributed by atoms with E-state index >= 15 is 4.39 Å². The highest BCUT2D eigenvalue weighted by atomic mass is 32.1. The van der Waals surface area contributed by atoms with Crippen LogP contribution in [0.5, 0.6) is 5.75 Å². The summed E-state index contributed by atoms with van der Waals surface area (Å²) in [5.41, 5.74) is 0.296. The molecule has 1 aliphatic rings. The molecule has 226 valence electrons. The molecule has 0 saturated heterocycles. The molecule has 5 rings (SSSR count). The molecule has 43 heavy (non-hydrogen) atoms. The number of aryl methyl sites for hydroxylation is 1. The number of hydrogen-bond donors (Lipinski definition) is 1. The molecule has 8 nitrogen and oxygen atoms in total. The molecule has 0 radical (unpaired) electrons. The number of esters is 1. The second-order valence-corrected chi connectivity index (χ2v) is 12.3. The molecular weight excluding hydrogens is 578 g/mol. The van der Waals surface area contributed by atoms with Crippen LogP contribution in [0.15, 0.2) is 47.4 Å². The summed E-state index contributed by atoms with van der Waals surface area (Å²) in [5.74, 6) is -2.26. The summed E-state index contributed by atoms with van der Waals surface area (Å²) in [4.78, 5) is 40.6. The van der Waals surface area contributed by atoms with Crippen molar-refractivity contribution in [3.8, 4) is 21.9 Å². The molecule has 2 heterocycles. The summed E-state index contributed by atoms with van der Waals surface area (Å²) in [6.45, 7) is 7.07. The molecular formula is C32H32F2N2O6S. The van der Waals surface area contributed by atoms with Gasteiger partial charge in [-0.25, -0.2) is 18.4 Å². The Kier molecular flexibility index (Phi) is 8.29. The van der Waals surface area contributed by atoms with E-state index in [-0.39, 0.29) is 40.6 Å². The summed E-state index contributed by atoms with van der Waals surface area (Å²) >= 11 is 1.48. The lowest BCUT2D eigenvalue weighted by molar-refractivity contribution is 0.0496. The van der Waals surface area contributed by atoms with E-state index in [1.54, 1.807) is 39.8 Å². The smallest absolute Gasteiger partial charge is 0.408 e. The lowest BCUT2D eigenvalue weighted by atomic mass is 9.94. The number of ether oxygens (including phenoxy) is 3. The highest BCUT2D eigenvalue weighted by Gasteiger charge is 2.29. The highest BCUT2D eigenvalue weighted by molar-refractivity contribution is 7.15. The maximum atomic E-state index is 15.2. The molecule has 4 aromatic rings. The largest absolute Gasteiger partial charge is 0.494 e. The fourth-order valence-corrected chi connectivity index (χ4v) is 6.61. The molecule has 1 N–H and O–H groups in total. The topological polar surface area (TPSA) is 95.9 Å². The fourth-order valence-electron chi connectivity index (χ4n) is 5.29. The number of thiophene rings is 1. The van der Waals surface area contributed by atoms with Gasteiger partial charge in [0.25, 0.3) is 0 Å². The van der Waals surface area contributed by atoms with Crippen LogP contribution < -0.4 is 15.5 Å². The zero-order valence-electron chi connectivity index (χ0n) is 24.5. The van der Waals surface area contributed by atoms with Gasteiger partial charge in [0.05, 0.1) is 30.8 Å². The van der Waals surface area contributed by atoms with Crippen LogP contribution in [0.2, 0.25) is 0 Å². The monoisotopic (exact) mass is 610 g/mol. The average molecular weight is 611 g/mol. The van der Waals surface area contributed by atoms with Crippen molar-refractivity contribution in [2.24, 2.45) is 0 Å². The number of fused-ring (bicyclic) bond motifs is 2. The van der Waals surface area contributed by atoms with Crippen molar-refractivity contribution in [3.63, 3.8) is 0 Å². The molecule has 2 aromatic heterocycles. The summed E-state index contributed by atoms with van der Waals surface area (Å²) < 4.78 is 46.8. The normalized spacial score (nSPS) is 14.7. The molecule has 0 spiro atoms. The number of benzene rings is 2. The standard InChI is InChI=1S/C32H32F2N2O6S/c1-6-41-30(38)21-16-36(24-13-10-18(33)15-22(24)34)26-20(27(21)37)12-11-19(28(26)40-5)25-14-17-8-7-9-23(29(17)43-25)35-31(39)42-32(2,3)4/h10-16,23H,6-9H2,1-5H3,(H,35,39). The Morgan fingerprint density at radius 2 is 1.91 bits per heavy atom. The van der Waals surface area contributed by atoms with E-state index in [9.17, 15) is 18.8 Å². The first kappa shape index (κ1) is 30.2. The van der Waals surface area contributed by atoms with Gasteiger partial charge in [0, 0.05) is 27.6 Å². The Morgan fingerprint density at radius 1 is 1.14 bits per heavy atom. The zero-order chi connectivity index (χ0) is 31.1. The Hall–Kier alpha value is -4.25. The van der Waals surface area contributed by atoms with Crippen LogP contribution in [0.25, 0.3) is 27.0 Å². The summed E-state index contributed by atoms with van der Waals surface area (Å²) in [6, 6.07) is 8.12. The molecule has 0 fully saturated rings. The van der Waals surface area contributed by atoms with Gasteiger partial charge < -0.3 is 24.1 Å². The second-order valence-electron chi connectivity index (χ2n) is 11.2. The molecule has 2 aromatic carbocycles. The third-order valence-corrected chi connectivity index (χ3v) is 8.37. The first-order valence-electron chi connectivity index (χ1n) is 13.9. The van der Waals surface area contributed by atoms with Crippen molar-refractivity contribution in [2.45, 2.75) is 58.6 Å². The van der Waals surface area contributed by atoms with Crippen LogP contribution in [0.4, 0.5) is 13.6 Å². The number of pyridine rings is 1. The zero-order valence-corrected chi connectivity index (χ0v) is 25.3. The molecule has 1 unspecified atom stereocenters. The Labute approximate surface area is 251 Å². The van der Waals surface area contributed by atoms with Crippen molar-refractivity contribution >= 4 is 34.3 Å². The third kappa shape index (κ3) is 5.99. The van der Waals surface area contributed by atoms with Crippen LogP contribution in [-0.4, -0.2) is 35.9 Å². The molecule has 1 aliphatic carbocycles. The minimum Gasteiger partial charge on any atom is -0.494 e. The van der Waals surface area contributed by atoms with E-state index in [4.69, 9.17) is 14.2 Å². The number of nitrogens with zero attached hydrogens (tertiary/aromatic N) is 1. The van der Waals surface area contributed by atoms with Crippen LogP contribution in [0.1, 0.15) is 67.4 Å². The van der Waals surface area contributed by atoms with Gasteiger partial charge in [-0.1, -0.05) is 0 Å². The molecule has 1 atom stereocenters. The number of amides is 1. The van der Waals surface area contributed by atoms with Gasteiger partial charge in [-0.15, -0.1) is 11.3 Å². The Bertz CT molecular complexity index is 1790. The number of carbonyl (C=O) groups is 2. The fraction of sp³-hybridized carbons (Fsp3) is 0.344. The summed E-state index contributed by atoms with van der Waals surface area (Å²) in [5, 5.41) is 3.08. The first-order chi connectivity index (χ1) is 20.4. The van der Waals surface area contributed by atoms with E-state index in [0.29, 0.717) is 5.56 Å². The van der Waals surface area contributed by atoms with E-state index in [1.165, 1.54) is 35.3 Å². The minimum atomic E-state index is -0.894. The van der Waals surface area contributed by atoms with Crippen molar-refractivity contribution in [1.82, 2.24) is 9.88 Å². The molecule has 0 saturated carbocycles. The first-order valence-corrected chi connectivity index (χ1v) is 14.7. The summed E-state index contributed by atoms with van der Waals surface area (Å²) in [7, 11) is 1.44. The Balaban J connectivity index is 1.69. The number of halogens is 2. The van der Waals surface area contributed by atoms with Crippen molar-refractivity contribution in [2.75, 3.05) is 13.7 Å². The van der Waals surface area contributed by atoms with Gasteiger partial charge in [0.1, 0.15) is 28.3 Å². The van der Waals surface area contributed by atoms with Gasteiger partial charge in [-0.3, -0.25) is 4.79 Å². The van der Waals surface area contributed by atoms with Gasteiger partial charge in [0.2, 0.25) is 5.43 Å². The van der Waals surface area contributed by atoms with Crippen molar-refractivity contribution in [3.05, 3.63) is 80.5 Å². The molecule has 0 aliphatic heterocycles. The highest BCUT2D eigenvalue weighted by Crippen LogP contribution is 2.45. The number of rotatable bonds is 6. The van der Waals surface area contributed by atoms with E-state index in [1.807, 2.05) is 6.07 Å². The van der Waals surface area contributed by atoms with Crippen LogP contribution >= 0.6 is 11.3 Å².